The van der Waals surface area contributed by atoms with Crippen LogP contribution in [0.25, 0.3) is 0 Å². The van der Waals surface area contributed by atoms with E-state index >= 15 is 8.78 Å². The van der Waals surface area contributed by atoms with Gasteiger partial charge in [-0.1, -0.05) is 30.3 Å². The molecule has 2 heterocycles. The van der Waals surface area contributed by atoms with Crippen molar-refractivity contribution >= 4 is 21.8 Å². The number of ether oxygens (including phenoxy) is 1. The average Bonchev–Trinajstić information content (AvgIpc) is 2.87. The van der Waals surface area contributed by atoms with Crippen LogP contribution in [0.15, 0.2) is 42.5 Å². The Kier molecular flexibility index (Phi) is 8.20. The van der Waals surface area contributed by atoms with Crippen LogP contribution in [0.3, 0.4) is 0 Å². The van der Waals surface area contributed by atoms with Gasteiger partial charge in [-0.25, -0.2) is 17.2 Å². The van der Waals surface area contributed by atoms with Gasteiger partial charge in [-0.05, 0) is 50.3 Å². The third-order valence-electron chi connectivity index (χ3n) is 7.66. The Labute approximate surface area is 221 Å². The van der Waals surface area contributed by atoms with Crippen molar-refractivity contribution in [1.29, 1.82) is 0 Å². The Morgan fingerprint density at radius 3 is 2.34 bits per heavy atom. The molecule has 11 heteroatoms. The summed E-state index contributed by atoms with van der Waals surface area (Å²) >= 11 is 0. The van der Waals surface area contributed by atoms with Crippen LogP contribution >= 0.6 is 0 Å². The van der Waals surface area contributed by atoms with Gasteiger partial charge >= 0.3 is 0 Å². The van der Waals surface area contributed by atoms with E-state index in [9.17, 15) is 18.0 Å². The van der Waals surface area contributed by atoms with Crippen LogP contribution in [0.1, 0.15) is 61.5 Å². The van der Waals surface area contributed by atoms with E-state index in [1.807, 2.05) is 6.07 Å². The lowest BCUT2D eigenvalue weighted by molar-refractivity contribution is -0.144. The summed E-state index contributed by atoms with van der Waals surface area (Å²) in [5.74, 6) is -2.46. The highest BCUT2D eigenvalue weighted by Crippen LogP contribution is 2.41. The first-order chi connectivity index (χ1) is 17.9. The molecule has 38 heavy (non-hydrogen) atoms. The number of rotatable bonds is 7. The molecule has 0 radical (unpaired) electrons. The molecular weight excluding hydrogens is 516 g/mol. The average molecular weight is 550 g/mol. The normalized spacial score (nSPS) is 23.2. The van der Waals surface area contributed by atoms with E-state index in [2.05, 4.69) is 0 Å². The highest BCUT2D eigenvalue weighted by atomic mass is 32.2. The van der Waals surface area contributed by atoms with Crippen LogP contribution in [0.5, 0.6) is 0 Å². The molecule has 0 bridgehead atoms. The number of amides is 2. The molecule has 0 unspecified atom stereocenters. The predicted molar refractivity (Wildman–Crippen MR) is 137 cm³/mol. The van der Waals surface area contributed by atoms with Gasteiger partial charge in [0.25, 0.3) is 0 Å². The maximum absolute atomic E-state index is 15.6. The van der Waals surface area contributed by atoms with Crippen LogP contribution in [-0.2, 0) is 36.5 Å². The molecule has 2 atom stereocenters. The summed E-state index contributed by atoms with van der Waals surface area (Å²) in [6.07, 6.45) is 1.31. The number of benzene rings is 2. The first-order valence-corrected chi connectivity index (χ1v) is 14.2. The molecule has 2 amide bonds. The van der Waals surface area contributed by atoms with Gasteiger partial charge in [-0.3, -0.25) is 9.59 Å². The third kappa shape index (κ3) is 5.60. The van der Waals surface area contributed by atoms with E-state index in [0.29, 0.717) is 18.4 Å². The highest BCUT2D eigenvalue weighted by molar-refractivity contribution is 7.89. The Hall–Kier alpha value is -2.89. The summed E-state index contributed by atoms with van der Waals surface area (Å²) in [6, 6.07) is 10.5. The van der Waals surface area contributed by atoms with Gasteiger partial charge in [0.2, 0.25) is 21.8 Å². The summed E-state index contributed by atoms with van der Waals surface area (Å²) in [5.41, 5.74) is 4.38. The van der Waals surface area contributed by atoms with E-state index in [1.54, 1.807) is 36.1 Å². The van der Waals surface area contributed by atoms with Gasteiger partial charge in [0.15, 0.2) is 0 Å². The quantitative estimate of drug-likeness (QED) is 0.570. The Bertz CT molecular complexity index is 1300. The number of sulfonamides is 1. The van der Waals surface area contributed by atoms with Crippen molar-refractivity contribution in [2.24, 2.45) is 5.73 Å². The summed E-state index contributed by atoms with van der Waals surface area (Å²) in [7, 11) is -3.84. The number of hydrogen-bond acceptors (Lipinski definition) is 5. The third-order valence-corrected chi connectivity index (χ3v) is 10.0. The topological polar surface area (TPSA) is 110 Å². The molecule has 2 fully saturated rings. The van der Waals surface area contributed by atoms with Crippen LogP contribution < -0.4 is 5.73 Å². The van der Waals surface area contributed by atoms with E-state index in [-0.39, 0.29) is 55.6 Å². The van der Waals surface area contributed by atoms with Crippen molar-refractivity contribution in [2.45, 2.75) is 63.0 Å². The van der Waals surface area contributed by atoms with Crippen LogP contribution in [-0.4, -0.2) is 55.2 Å². The molecule has 2 aromatic rings. The van der Waals surface area contributed by atoms with E-state index in [4.69, 9.17) is 10.5 Å². The second kappa shape index (κ2) is 11.1. The predicted octanol–water partition coefficient (Wildman–Crippen LogP) is 3.36. The fourth-order valence-electron chi connectivity index (χ4n) is 5.46. The molecule has 8 nitrogen and oxygen atoms in total. The minimum absolute atomic E-state index is 0.0834. The van der Waals surface area contributed by atoms with Crippen molar-refractivity contribution < 1.29 is 31.5 Å². The van der Waals surface area contributed by atoms with Gasteiger partial charge in [-0.15, -0.1) is 0 Å². The van der Waals surface area contributed by atoms with Gasteiger partial charge in [0.05, 0.1) is 0 Å². The molecule has 2 aliphatic heterocycles. The van der Waals surface area contributed by atoms with Crippen molar-refractivity contribution in [3.8, 4) is 0 Å². The first-order valence-electron chi connectivity index (χ1n) is 12.7. The molecule has 2 aromatic carbocycles. The van der Waals surface area contributed by atoms with E-state index in [0.717, 1.165) is 12.1 Å². The Balaban J connectivity index is 1.64. The fraction of sp³-hybridized carbons (Fsp3) is 0.481. The molecule has 2 saturated heterocycles. The van der Waals surface area contributed by atoms with E-state index < -0.39 is 45.0 Å². The maximum Gasteiger partial charge on any atom is 0.243 e. The monoisotopic (exact) mass is 549 g/mol. The SMILES string of the molecule is CC(=O)N1CCC(OCC(N)=O)(c2cc(F)c(CN3[C@@H](C)CC[C@H](c4ccccc4)S3(=O)=O)cc2F)CC1. The minimum Gasteiger partial charge on any atom is -0.368 e. The molecule has 206 valence electrons. The molecular formula is C27H33F2N3O5S. The van der Waals surface area contributed by atoms with Crippen LogP contribution in [0.2, 0.25) is 0 Å². The van der Waals surface area contributed by atoms with E-state index in [1.165, 1.54) is 11.2 Å². The maximum atomic E-state index is 15.6. The Morgan fingerprint density at radius 2 is 1.74 bits per heavy atom. The first kappa shape index (κ1) is 28.1. The molecule has 0 aromatic heterocycles. The summed E-state index contributed by atoms with van der Waals surface area (Å²) in [6.45, 7) is 2.85. The van der Waals surface area contributed by atoms with Gasteiger partial charge in [-0.2, -0.15) is 4.31 Å². The molecule has 0 aliphatic carbocycles. The molecule has 2 N–H and O–H groups in total. The number of hydrogen-bond donors (Lipinski definition) is 1. The van der Waals surface area contributed by atoms with Crippen LogP contribution in [0, 0.1) is 11.6 Å². The van der Waals surface area contributed by atoms with Crippen molar-refractivity contribution in [1.82, 2.24) is 9.21 Å². The molecule has 0 saturated carbocycles. The molecule has 4 rings (SSSR count). The zero-order valence-electron chi connectivity index (χ0n) is 21.5. The number of primary amides is 1. The summed E-state index contributed by atoms with van der Waals surface area (Å²) in [5, 5.41) is -0.760. The fourth-order valence-corrected chi connectivity index (χ4v) is 7.65. The molecule has 0 spiro atoms. The molecule has 2 aliphatic rings. The standard InChI is InChI=1S/C27H33F2N3O5S/c1-18-8-9-25(20-6-4-3-5-7-20)38(35,36)32(18)16-21-14-24(29)22(15-23(21)28)27(37-17-26(30)34)10-12-31(13-11-27)19(2)33/h3-7,14-15,18,25H,8-13,16-17H2,1-2H3,(H2,30,34)/t18-,25+/m0/s1. The Morgan fingerprint density at radius 1 is 1.08 bits per heavy atom. The van der Waals surface area contributed by atoms with Crippen molar-refractivity contribution in [2.75, 3.05) is 19.7 Å². The number of piperidine rings is 1. The number of carbonyl (C=O) groups excluding carboxylic acids is 2. The van der Waals surface area contributed by atoms with Crippen LogP contribution in [0.4, 0.5) is 8.78 Å². The van der Waals surface area contributed by atoms with Crippen molar-refractivity contribution in [3.63, 3.8) is 0 Å². The number of halogens is 2. The largest absolute Gasteiger partial charge is 0.368 e. The lowest BCUT2D eigenvalue weighted by atomic mass is 9.83. The smallest absolute Gasteiger partial charge is 0.243 e. The summed E-state index contributed by atoms with van der Waals surface area (Å²) in [4.78, 5) is 24.8. The zero-order chi connectivity index (χ0) is 27.7. The number of likely N-dealkylation sites (tertiary alicyclic amines) is 1. The van der Waals surface area contributed by atoms with Gasteiger partial charge < -0.3 is 15.4 Å². The number of nitrogens with zero attached hydrogens (tertiary/aromatic N) is 2. The van der Waals surface area contributed by atoms with Gasteiger partial charge in [0, 0.05) is 43.7 Å². The second-order valence-corrected chi connectivity index (χ2v) is 12.2. The lowest BCUT2D eigenvalue weighted by Crippen LogP contribution is -2.47. The van der Waals surface area contributed by atoms with Crippen molar-refractivity contribution in [3.05, 3.63) is 70.8 Å². The highest BCUT2D eigenvalue weighted by Gasteiger charge is 2.43. The number of carbonyl (C=O) groups is 2. The lowest BCUT2D eigenvalue weighted by Gasteiger charge is -2.42. The minimum atomic E-state index is -3.84. The second-order valence-electron chi connectivity index (χ2n) is 10.1. The summed E-state index contributed by atoms with van der Waals surface area (Å²) < 4.78 is 65.2. The number of nitrogens with two attached hydrogens (primary N) is 1. The van der Waals surface area contributed by atoms with Gasteiger partial charge in [0.1, 0.15) is 29.1 Å². The zero-order valence-corrected chi connectivity index (χ0v) is 22.3.